The van der Waals surface area contributed by atoms with Crippen LogP contribution in [0, 0.1) is 0 Å². The molecule has 6 heteroatoms. The molecule has 0 saturated heterocycles. The van der Waals surface area contributed by atoms with E-state index in [9.17, 15) is 8.42 Å². The quantitative estimate of drug-likeness (QED) is 0.764. The lowest BCUT2D eigenvalue weighted by Gasteiger charge is -2.12. The first-order valence-electron chi connectivity index (χ1n) is 4.48. The van der Waals surface area contributed by atoms with Gasteiger partial charge in [-0.05, 0) is 17.7 Å². The number of methoxy groups -OCH3 is 1. The average Bonchev–Trinajstić information content (AvgIpc) is 2.14. The van der Waals surface area contributed by atoms with Crippen LogP contribution in [0.5, 0.6) is 5.75 Å². The largest absolute Gasteiger partial charge is 0.497 e. The lowest BCUT2D eigenvalue weighted by Crippen LogP contribution is -2.09. The molecular formula is C10H12Br2O3S. The monoisotopic (exact) mass is 370 g/mol. The smallest absolute Gasteiger partial charge is 0.148 e. The number of rotatable bonds is 4. The number of benzene rings is 1. The van der Waals surface area contributed by atoms with Crippen LogP contribution < -0.4 is 4.74 Å². The molecule has 0 fully saturated rings. The van der Waals surface area contributed by atoms with Crippen molar-refractivity contribution < 1.29 is 13.2 Å². The molecular weight excluding hydrogens is 360 g/mol. The van der Waals surface area contributed by atoms with Crippen LogP contribution in [0.3, 0.4) is 0 Å². The third kappa shape index (κ3) is 4.07. The molecule has 0 N–H and O–H groups in total. The maximum Gasteiger partial charge on any atom is 0.148 e. The summed E-state index contributed by atoms with van der Waals surface area (Å²) in [7, 11) is -1.42. The Bertz CT molecular complexity index is 471. The van der Waals surface area contributed by atoms with Crippen LogP contribution in [-0.4, -0.2) is 27.5 Å². The Balaban J connectivity index is 2.96. The van der Waals surface area contributed by atoms with Gasteiger partial charge >= 0.3 is 0 Å². The normalized spacial score (nSPS) is 13.5. The van der Waals surface area contributed by atoms with E-state index in [0.29, 0.717) is 0 Å². The Morgan fingerprint density at radius 3 is 2.50 bits per heavy atom. The molecule has 0 bridgehead atoms. The van der Waals surface area contributed by atoms with Crippen molar-refractivity contribution >= 4 is 41.7 Å². The molecule has 0 aliphatic rings. The number of hydrogen-bond acceptors (Lipinski definition) is 3. The third-order valence-electron chi connectivity index (χ3n) is 1.99. The Morgan fingerprint density at radius 1 is 1.44 bits per heavy atom. The zero-order valence-electron chi connectivity index (χ0n) is 8.91. The van der Waals surface area contributed by atoms with E-state index in [1.807, 2.05) is 12.1 Å². The predicted octanol–water partition coefficient (Wildman–Crippen LogP) is 2.94. The van der Waals surface area contributed by atoms with Crippen molar-refractivity contribution in [3.8, 4) is 5.75 Å². The van der Waals surface area contributed by atoms with Gasteiger partial charge in [-0.15, -0.1) is 0 Å². The van der Waals surface area contributed by atoms with Crippen LogP contribution in [-0.2, 0) is 9.84 Å². The molecule has 0 radical (unpaired) electrons. The fraction of sp³-hybridized carbons (Fsp3) is 0.400. The summed E-state index contributed by atoms with van der Waals surface area (Å²) in [6.45, 7) is 0. The van der Waals surface area contributed by atoms with Crippen LogP contribution in [0.15, 0.2) is 22.7 Å². The molecule has 1 unspecified atom stereocenters. The highest BCUT2D eigenvalue weighted by atomic mass is 79.9. The molecule has 0 aliphatic carbocycles. The van der Waals surface area contributed by atoms with Gasteiger partial charge in [-0.2, -0.15) is 0 Å². The minimum atomic E-state index is -3.00. The van der Waals surface area contributed by atoms with Crippen LogP contribution >= 0.6 is 31.9 Å². The van der Waals surface area contributed by atoms with Crippen LogP contribution in [0.1, 0.15) is 10.4 Å². The average molecular weight is 372 g/mol. The van der Waals surface area contributed by atoms with Crippen molar-refractivity contribution in [1.82, 2.24) is 0 Å². The second-order valence-corrected chi connectivity index (χ2v) is 7.59. The zero-order chi connectivity index (χ0) is 12.3. The van der Waals surface area contributed by atoms with Gasteiger partial charge in [0.05, 0.1) is 17.7 Å². The Hall–Kier alpha value is -0.0700. The predicted molar refractivity (Wildman–Crippen MR) is 72.1 cm³/mol. The summed E-state index contributed by atoms with van der Waals surface area (Å²) >= 11 is 6.76. The number of alkyl halides is 1. The lowest BCUT2D eigenvalue weighted by atomic mass is 10.2. The van der Waals surface area contributed by atoms with E-state index in [-0.39, 0.29) is 10.6 Å². The van der Waals surface area contributed by atoms with Crippen molar-refractivity contribution in [3.63, 3.8) is 0 Å². The third-order valence-corrected chi connectivity index (χ3v) is 4.87. The van der Waals surface area contributed by atoms with Gasteiger partial charge in [-0.1, -0.05) is 37.9 Å². The van der Waals surface area contributed by atoms with Crippen molar-refractivity contribution in [3.05, 3.63) is 28.2 Å². The molecule has 0 saturated carbocycles. The molecule has 0 spiro atoms. The summed E-state index contributed by atoms with van der Waals surface area (Å²) in [6.07, 6.45) is 1.22. The van der Waals surface area contributed by atoms with E-state index in [2.05, 4.69) is 31.9 Å². The fourth-order valence-corrected chi connectivity index (χ4v) is 4.74. The van der Waals surface area contributed by atoms with Gasteiger partial charge in [-0.3, -0.25) is 0 Å². The Kier molecular flexibility index (Phi) is 4.82. The molecule has 1 rings (SSSR count). The van der Waals surface area contributed by atoms with Gasteiger partial charge in [-0.25, -0.2) is 8.42 Å². The summed E-state index contributed by atoms with van der Waals surface area (Å²) in [5.74, 6) is 0.799. The maximum absolute atomic E-state index is 11.2. The first-order chi connectivity index (χ1) is 7.33. The van der Waals surface area contributed by atoms with Crippen LogP contribution in [0.2, 0.25) is 0 Å². The summed E-state index contributed by atoms with van der Waals surface area (Å²) < 4.78 is 28.3. The highest BCUT2D eigenvalue weighted by Crippen LogP contribution is 2.33. The van der Waals surface area contributed by atoms with E-state index < -0.39 is 9.84 Å². The van der Waals surface area contributed by atoms with Crippen LogP contribution in [0.25, 0.3) is 0 Å². The number of sulfone groups is 1. The molecule has 1 aromatic carbocycles. The molecule has 0 amide bonds. The first kappa shape index (κ1) is 14.0. The van der Waals surface area contributed by atoms with Gasteiger partial charge in [0.15, 0.2) is 0 Å². The van der Waals surface area contributed by atoms with Gasteiger partial charge < -0.3 is 4.74 Å². The van der Waals surface area contributed by atoms with Crippen molar-refractivity contribution in [2.24, 2.45) is 0 Å². The fourth-order valence-electron chi connectivity index (χ4n) is 1.24. The van der Waals surface area contributed by atoms with Crippen LogP contribution in [0.4, 0.5) is 0 Å². The number of halogens is 2. The van der Waals surface area contributed by atoms with Crippen molar-refractivity contribution in [2.45, 2.75) is 4.83 Å². The molecule has 0 aliphatic heterocycles. The summed E-state index contributed by atoms with van der Waals surface area (Å²) in [4.78, 5) is -0.220. The van der Waals surface area contributed by atoms with Gasteiger partial charge in [0, 0.05) is 10.7 Å². The number of hydrogen-bond donors (Lipinski definition) is 0. The molecule has 90 valence electrons. The molecule has 16 heavy (non-hydrogen) atoms. The summed E-state index contributed by atoms with van der Waals surface area (Å²) in [5, 5.41) is 0. The van der Waals surface area contributed by atoms with Crippen molar-refractivity contribution in [2.75, 3.05) is 19.1 Å². The Labute approximate surface area is 112 Å². The Morgan fingerprint density at radius 2 is 2.06 bits per heavy atom. The summed E-state index contributed by atoms with van der Waals surface area (Å²) in [6, 6.07) is 5.45. The van der Waals surface area contributed by atoms with E-state index in [0.717, 1.165) is 15.8 Å². The van der Waals surface area contributed by atoms with Gasteiger partial charge in [0.2, 0.25) is 0 Å². The zero-order valence-corrected chi connectivity index (χ0v) is 12.9. The highest BCUT2D eigenvalue weighted by molar-refractivity contribution is 9.11. The van der Waals surface area contributed by atoms with E-state index >= 15 is 0 Å². The lowest BCUT2D eigenvalue weighted by molar-refractivity contribution is 0.414. The molecule has 0 heterocycles. The van der Waals surface area contributed by atoms with Gasteiger partial charge in [0.25, 0.3) is 0 Å². The minimum Gasteiger partial charge on any atom is -0.497 e. The SMILES string of the molecule is COc1ccc(C(Br)CS(C)(=O)=O)c(Br)c1. The molecule has 1 atom stereocenters. The first-order valence-corrected chi connectivity index (χ1v) is 8.25. The highest BCUT2D eigenvalue weighted by Gasteiger charge is 2.17. The molecule has 3 nitrogen and oxygen atoms in total. The topological polar surface area (TPSA) is 43.4 Å². The standard InChI is InChI=1S/C10H12Br2O3S/c1-15-7-3-4-8(9(11)5-7)10(12)6-16(2,13)14/h3-5,10H,6H2,1-2H3. The molecule has 0 aromatic heterocycles. The minimum absolute atomic E-state index is 0.0674. The maximum atomic E-state index is 11.2. The summed E-state index contributed by atoms with van der Waals surface area (Å²) in [5.41, 5.74) is 0.895. The van der Waals surface area contributed by atoms with Crippen molar-refractivity contribution in [1.29, 1.82) is 0 Å². The second-order valence-electron chi connectivity index (χ2n) is 3.45. The van der Waals surface area contributed by atoms with E-state index in [1.165, 1.54) is 6.26 Å². The molecule has 1 aromatic rings. The second kappa shape index (κ2) is 5.51. The van der Waals surface area contributed by atoms with E-state index in [1.54, 1.807) is 13.2 Å². The van der Waals surface area contributed by atoms with Gasteiger partial charge in [0.1, 0.15) is 15.6 Å². The number of ether oxygens (including phenoxy) is 1. The van der Waals surface area contributed by atoms with E-state index in [4.69, 9.17) is 4.74 Å².